The van der Waals surface area contributed by atoms with Gasteiger partial charge in [-0.2, -0.15) is 5.10 Å². The Balaban J connectivity index is 1.70. The number of hydrogen-bond acceptors (Lipinski definition) is 6. The number of thiophene rings is 1. The monoisotopic (exact) mass is 351 g/mol. The first kappa shape index (κ1) is 15.7. The highest BCUT2D eigenvalue weighted by Crippen LogP contribution is 2.21. The van der Waals surface area contributed by atoms with Crippen molar-refractivity contribution in [3.05, 3.63) is 57.0 Å². The molecule has 3 aromatic rings. The Morgan fingerprint density at radius 3 is 2.78 bits per heavy atom. The van der Waals surface area contributed by atoms with Gasteiger partial charge in [-0.15, -0.1) is 11.3 Å². The van der Waals surface area contributed by atoms with E-state index in [0.29, 0.717) is 12.1 Å². The van der Waals surface area contributed by atoms with Gasteiger partial charge in [-0.05, 0) is 36.1 Å². The summed E-state index contributed by atoms with van der Waals surface area (Å²) in [5.74, 6) is 0.264. The number of aromatic nitrogens is 2. The third kappa shape index (κ3) is 3.76. The highest BCUT2D eigenvalue weighted by molar-refractivity contribution is 7.89. The van der Waals surface area contributed by atoms with Gasteiger partial charge in [-0.25, -0.2) is 18.2 Å². The zero-order chi connectivity index (χ0) is 16.3. The molecular weight excluding hydrogens is 338 g/mol. The van der Waals surface area contributed by atoms with Crippen LogP contribution in [-0.4, -0.2) is 25.2 Å². The average Bonchev–Trinajstić information content (AvgIpc) is 3.19. The average molecular weight is 351 g/mol. The lowest BCUT2D eigenvalue weighted by atomic mass is 10.3. The highest BCUT2D eigenvalue weighted by atomic mass is 32.2. The molecule has 0 spiro atoms. The molecule has 3 rings (SSSR count). The third-order valence-corrected chi connectivity index (χ3v) is 5.29. The molecule has 9 heteroatoms. The van der Waals surface area contributed by atoms with Crippen molar-refractivity contribution < 1.29 is 12.8 Å². The van der Waals surface area contributed by atoms with Gasteiger partial charge in [0.15, 0.2) is 5.76 Å². The van der Waals surface area contributed by atoms with E-state index in [0.717, 1.165) is 4.88 Å². The summed E-state index contributed by atoms with van der Waals surface area (Å²) < 4.78 is 32.2. The Bertz CT molecular complexity index is 922. The first-order chi connectivity index (χ1) is 11.0. The Morgan fingerprint density at radius 1 is 1.22 bits per heavy atom. The van der Waals surface area contributed by atoms with Crippen molar-refractivity contribution >= 4 is 21.4 Å². The van der Waals surface area contributed by atoms with Crippen LogP contribution in [0.5, 0.6) is 0 Å². The third-order valence-electron chi connectivity index (χ3n) is 3.02. The van der Waals surface area contributed by atoms with Gasteiger partial charge in [-0.1, -0.05) is 6.07 Å². The van der Waals surface area contributed by atoms with Gasteiger partial charge in [0.05, 0.1) is 0 Å². The molecule has 0 atom stereocenters. The first-order valence-electron chi connectivity index (χ1n) is 6.72. The van der Waals surface area contributed by atoms with E-state index in [9.17, 15) is 13.2 Å². The van der Waals surface area contributed by atoms with Crippen molar-refractivity contribution in [2.75, 3.05) is 6.54 Å². The molecule has 2 N–H and O–H groups in total. The number of nitrogens with one attached hydrogen (secondary N) is 2. The highest BCUT2D eigenvalue weighted by Gasteiger charge is 2.19. The minimum Gasteiger partial charge on any atom is -0.442 e. The molecular formula is C14H13N3O4S2. The fourth-order valence-corrected chi connectivity index (χ4v) is 3.59. The largest absolute Gasteiger partial charge is 0.442 e. The molecule has 0 aromatic carbocycles. The molecule has 0 saturated heterocycles. The minimum absolute atomic E-state index is 0.188. The zero-order valence-corrected chi connectivity index (χ0v) is 13.5. The van der Waals surface area contributed by atoms with Crippen LogP contribution < -0.4 is 10.3 Å². The van der Waals surface area contributed by atoms with Gasteiger partial charge in [0.2, 0.25) is 5.09 Å². The van der Waals surface area contributed by atoms with E-state index >= 15 is 0 Å². The summed E-state index contributed by atoms with van der Waals surface area (Å²) in [7, 11) is -3.72. The molecule has 0 aliphatic carbocycles. The lowest BCUT2D eigenvalue weighted by Gasteiger charge is -2.03. The fourth-order valence-electron chi connectivity index (χ4n) is 1.92. The standard InChI is InChI=1S/C14H13N3O4S2/c18-13-5-3-11(16-17-13)12-4-6-14(21-12)23(19,20)15-8-7-10-2-1-9-22-10/h1-6,9,15H,7-8H2,(H,17,18). The van der Waals surface area contributed by atoms with Crippen LogP contribution in [0.15, 0.2) is 56.1 Å². The van der Waals surface area contributed by atoms with Crippen LogP contribution in [0.1, 0.15) is 4.88 Å². The lowest BCUT2D eigenvalue weighted by molar-refractivity contribution is 0.455. The Labute approximate surface area is 136 Å². The zero-order valence-electron chi connectivity index (χ0n) is 11.9. The maximum absolute atomic E-state index is 12.2. The van der Waals surface area contributed by atoms with Crippen LogP contribution in [0, 0.1) is 0 Å². The van der Waals surface area contributed by atoms with Gasteiger partial charge in [0.1, 0.15) is 5.69 Å². The molecule has 0 bridgehead atoms. The summed E-state index contributed by atoms with van der Waals surface area (Å²) >= 11 is 1.58. The topological polar surface area (TPSA) is 105 Å². The maximum Gasteiger partial charge on any atom is 0.273 e. The SMILES string of the molecule is O=c1ccc(-c2ccc(S(=O)(=O)NCCc3cccs3)o2)n[nH]1. The molecule has 3 aromatic heterocycles. The van der Waals surface area contributed by atoms with E-state index in [-0.39, 0.29) is 23.0 Å². The lowest BCUT2D eigenvalue weighted by Crippen LogP contribution is -2.25. The van der Waals surface area contributed by atoms with E-state index in [2.05, 4.69) is 14.9 Å². The van der Waals surface area contributed by atoms with Crippen molar-refractivity contribution in [1.82, 2.24) is 14.9 Å². The van der Waals surface area contributed by atoms with Gasteiger partial charge in [0.25, 0.3) is 15.6 Å². The molecule has 0 amide bonds. The van der Waals surface area contributed by atoms with Crippen LogP contribution in [0.4, 0.5) is 0 Å². The Kier molecular flexibility index (Phi) is 4.42. The van der Waals surface area contributed by atoms with E-state index in [4.69, 9.17) is 4.42 Å². The molecule has 23 heavy (non-hydrogen) atoms. The van der Waals surface area contributed by atoms with Crippen LogP contribution in [0.25, 0.3) is 11.5 Å². The number of furan rings is 1. The smallest absolute Gasteiger partial charge is 0.273 e. The van der Waals surface area contributed by atoms with E-state index < -0.39 is 10.0 Å². The predicted molar refractivity (Wildman–Crippen MR) is 85.8 cm³/mol. The number of H-pyrrole nitrogens is 1. The normalized spacial score (nSPS) is 11.7. The van der Waals surface area contributed by atoms with Crippen LogP contribution in [0.2, 0.25) is 0 Å². The number of sulfonamides is 1. The molecule has 0 radical (unpaired) electrons. The fraction of sp³-hybridized carbons (Fsp3) is 0.143. The second-order valence-corrected chi connectivity index (χ2v) is 7.38. The molecule has 0 fully saturated rings. The predicted octanol–water partition coefficient (Wildman–Crippen LogP) is 1.61. The summed E-state index contributed by atoms with van der Waals surface area (Å²) in [5.41, 5.74) is 0.00744. The van der Waals surface area contributed by atoms with Gasteiger partial charge < -0.3 is 4.42 Å². The van der Waals surface area contributed by atoms with Gasteiger partial charge in [-0.3, -0.25) is 4.79 Å². The number of aromatic amines is 1. The van der Waals surface area contributed by atoms with Crippen LogP contribution in [0.3, 0.4) is 0 Å². The summed E-state index contributed by atoms with van der Waals surface area (Å²) in [6.07, 6.45) is 0.617. The van der Waals surface area contributed by atoms with E-state index in [1.807, 2.05) is 17.5 Å². The summed E-state index contributed by atoms with van der Waals surface area (Å²) in [5, 5.41) is 7.82. The van der Waals surface area contributed by atoms with Crippen LogP contribution in [-0.2, 0) is 16.4 Å². The molecule has 7 nitrogen and oxygen atoms in total. The number of hydrogen-bond donors (Lipinski definition) is 2. The van der Waals surface area contributed by atoms with Crippen molar-refractivity contribution in [3.63, 3.8) is 0 Å². The van der Waals surface area contributed by atoms with Gasteiger partial charge in [0, 0.05) is 17.5 Å². The van der Waals surface area contributed by atoms with E-state index in [1.165, 1.54) is 24.3 Å². The second kappa shape index (κ2) is 6.49. The van der Waals surface area contributed by atoms with E-state index in [1.54, 1.807) is 11.3 Å². The molecule has 0 aliphatic rings. The van der Waals surface area contributed by atoms with Crippen molar-refractivity contribution in [2.24, 2.45) is 0 Å². The Morgan fingerprint density at radius 2 is 2.09 bits per heavy atom. The minimum atomic E-state index is -3.72. The molecule has 3 heterocycles. The Hall–Kier alpha value is -2.23. The number of rotatable bonds is 6. The molecule has 0 unspecified atom stereocenters. The number of nitrogens with zero attached hydrogens (tertiary/aromatic N) is 1. The maximum atomic E-state index is 12.2. The van der Waals surface area contributed by atoms with Crippen molar-refractivity contribution in [3.8, 4) is 11.5 Å². The molecule has 0 saturated carbocycles. The van der Waals surface area contributed by atoms with Gasteiger partial charge >= 0.3 is 0 Å². The molecule has 120 valence electrons. The van der Waals surface area contributed by atoms with Crippen molar-refractivity contribution in [1.29, 1.82) is 0 Å². The van der Waals surface area contributed by atoms with Crippen LogP contribution >= 0.6 is 11.3 Å². The first-order valence-corrected chi connectivity index (χ1v) is 9.09. The summed E-state index contributed by atoms with van der Waals surface area (Å²) in [6, 6.07) is 9.47. The van der Waals surface area contributed by atoms with Crippen molar-refractivity contribution in [2.45, 2.75) is 11.5 Å². The molecule has 0 aliphatic heterocycles. The second-order valence-electron chi connectivity index (χ2n) is 4.65. The summed E-state index contributed by atoms with van der Waals surface area (Å²) in [4.78, 5) is 12.1. The summed E-state index contributed by atoms with van der Waals surface area (Å²) in [6.45, 7) is 0.287. The quantitative estimate of drug-likeness (QED) is 0.702.